The summed E-state index contributed by atoms with van der Waals surface area (Å²) in [4.78, 5) is 36.5. The van der Waals surface area contributed by atoms with Crippen LogP contribution in [0.3, 0.4) is 0 Å². The molecule has 0 aromatic heterocycles. The quantitative estimate of drug-likeness (QED) is 0.226. The zero-order chi connectivity index (χ0) is 27.3. The maximum Gasteiger partial charge on any atom is 0.336 e. The molecule has 2 aliphatic rings. The van der Waals surface area contributed by atoms with E-state index in [1.807, 2.05) is 0 Å². The number of amides is 2. The van der Waals surface area contributed by atoms with Crippen LogP contribution < -0.4 is 21.3 Å². The fourth-order valence-corrected chi connectivity index (χ4v) is 5.35. The minimum atomic E-state index is -1.92. The Balaban J connectivity index is 1.41. The standard InChI is InChI=1S/C27H34N4O7/c32-23(33)26(37,19-7-9-28-15-19)13-17-3-1-5-21(11-17)30-25(36)31-22-6-2-4-18(12-22)14-27(38,24(34)35)20-8-10-29-16-20/h1-6,11-12,19-20,28-29,37-38H,7-10,13-16H2,(H,32,33)(H,34,35)(H2,30,31,36)/t19-,20-,26?,27?/m0/s1. The third kappa shape index (κ3) is 6.13. The molecule has 2 saturated heterocycles. The first-order valence-corrected chi connectivity index (χ1v) is 12.7. The molecule has 2 unspecified atom stereocenters. The molecule has 2 amide bonds. The predicted molar refractivity (Wildman–Crippen MR) is 140 cm³/mol. The van der Waals surface area contributed by atoms with Crippen molar-refractivity contribution in [1.82, 2.24) is 10.6 Å². The van der Waals surface area contributed by atoms with Crippen molar-refractivity contribution in [2.45, 2.75) is 36.9 Å². The highest BCUT2D eigenvalue weighted by Gasteiger charge is 2.46. The van der Waals surface area contributed by atoms with Crippen LogP contribution in [0.15, 0.2) is 48.5 Å². The van der Waals surface area contributed by atoms with Crippen molar-refractivity contribution in [1.29, 1.82) is 0 Å². The zero-order valence-corrected chi connectivity index (χ0v) is 20.9. The van der Waals surface area contributed by atoms with Crippen LogP contribution in [0, 0.1) is 11.8 Å². The van der Waals surface area contributed by atoms with Crippen LogP contribution >= 0.6 is 0 Å². The van der Waals surface area contributed by atoms with Gasteiger partial charge in [-0.05, 0) is 61.3 Å². The third-order valence-electron chi connectivity index (χ3n) is 7.53. The van der Waals surface area contributed by atoms with E-state index < -0.39 is 41.0 Å². The SMILES string of the molecule is O=C(Nc1cccc(CC(O)(C(=O)O)[C@H]2CCNC2)c1)Nc1cccc(CC(O)(C(=O)O)[C@H]2CCNC2)c1. The Bertz CT molecular complexity index is 1090. The van der Waals surface area contributed by atoms with Gasteiger partial charge in [0.1, 0.15) is 0 Å². The number of aliphatic hydroxyl groups is 2. The molecule has 0 saturated carbocycles. The number of benzene rings is 2. The number of rotatable bonds is 10. The summed E-state index contributed by atoms with van der Waals surface area (Å²) in [5, 5.41) is 52.8. The summed E-state index contributed by atoms with van der Waals surface area (Å²) in [7, 11) is 0. The van der Waals surface area contributed by atoms with Gasteiger partial charge in [-0.1, -0.05) is 24.3 Å². The van der Waals surface area contributed by atoms with E-state index in [1.54, 1.807) is 48.5 Å². The monoisotopic (exact) mass is 526 g/mol. The summed E-state index contributed by atoms with van der Waals surface area (Å²) in [5.74, 6) is -3.39. The summed E-state index contributed by atoms with van der Waals surface area (Å²) in [5.41, 5.74) is -1.87. The minimum absolute atomic E-state index is 0.100. The first-order chi connectivity index (χ1) is 18.1. The number of aliphatic carboxylic acids is 2. The number of urea groups is 1. The number of hydrogen-bond donors (Lipinski definition) is 8. The number of hydrogen-bond acceptors (Lipinski definition) is 7. The fraction of sp³-hybridized carbons (Fsp3) is 0.444. The highest BCUT2D eigenvalue weighted by atomic mass is 16.4. The lowest BCUT2D eigenvalue weighted by atomic mass is 9.81. The number of anilines is 2. The Labute approximate surface area is 220 Å². The smallest absolute Gasteiger partial charge is 0.336 e. The van der Waals surface area contributed by atoms with Crippen molar-refractivity contribution in [2.75, 3.05) is 36.8 Å². The molecule has 38 heavy (non-hydrogen) atoms. The summed E-state index contributed by atoms with van der Waals surface area (Å²) in [6.07, 6.45) is 0.918. The molecule has 0 spiro atoms. The molecule has 2 aliphatic heterocycles. The molecule has 8 N–H and O–H groups in total. The van der Waals surface area contributed by atoms with Crippen LogP contribution in [0.4, 0.5) is 16.2 Å². The Hall–Kier alpha value is -3.51. The first kappa shape index (κ1) is 27.5. The molecule has 0 aliphatic carbocycles. The van der Waals surface area contributed by atoms with Crippen molar-refractivity contribution in [3.05, 3.63) is 59.7 Å². The van der Waals surface area contributed by atoms with E-state index >= 15 is 0 Å². The average molecular weight is 527 g/mol. The lowest BCUT2D eigenvalue weighted by Gasteiger charge is -2.29. The van der Waals surface area contributed by atoms with E-state index in [1.165, 1.54) is 0 Å². The molecular formula is C27H34N4O7. The molecule has 0 radical (unpaired) electrons. The lowest BCUT2D eigenvalue weighted by Crippen LogP contribution is -2.48. The molecule has 0 bridgehead atoms. The second-order valence-corrected chi connectivity index (χ2v) is 10.2. The number of carbonyl (C=O) groups excluding carboxylic acids is 1. The molecule has 2 aromatic carbocycles. The summed E-state index contributed by atoms with van der Waals surface area (Å²) in [6, 6.07) is 12.7. The Morgan fingerprint density at radius 2 is 1.18 bits per heavy atom. The maximum absolute atomic E-state index is 12.7. The van der Waals surface area contributed by atoms with Crippen molar-refractivity contribution < 1.29 is 34.8 Å². The molecule has 11 nitrogen and oxygen atoms in total. The van der Waals surface area contributed by atoms with Gasteiger partial charge in [-0.25, -0.2) is 14.4 Å². The molecular weight excluding hydrogens is 492 g/mol. The second-order valence-electron chi connectivity index (χ2n) is 10.2. The van der Waals surface area contributed by atoms with Crippen LogP contribution in [0.5, 0.6) is 0 Å². The van der Waals surface area contributed by atoms with Gasteiger partial charge >= 0.3 is 18.0 Å². The van der Waals surface area contributed by atoms with Crippen molar-refractivity contribution >= 4 is 29.3 Å². The van der Waals surface area contributed by atoms with Gasteiger partial charge in [-0.15, -0.1) is 0 Å². The van der Waals surface area contributed by atoms with Gasteiger partial charge in [0.2, 0.25) is 0 Å². The lowest BCUT2D eigenvalue weighted by molar-refractivity contribution is -0.164. The number of carboxylic acid groups (broad SMARTS) is 2. The Morgan fingerprint density at radius 1 is 0.763 bits per heavy atom. The molecule has 2 heterocycles. The highest BCUT2D eigenvalue weighted by Crippen LogP contribution is 2.30. The molecule has 2 aromatic rings. The summed E-state index contributed by atoms with van der Waals surface area (Å²) < 4.78 is 0. The van der Waals surface area contributed by atoms with Gasteiger partial charge in [-0.2, -0.15) is 0 Å². The predicted octanol–water partition coefficient (Wildman–Crippen LogP) is 1.27. The largest absolute Gasteiger partial charge is 0.479 e. The van der Waals surface area contributed by atoms with Gasteiger partial charge in [-0.3, -0.25) is 0 Å². The fourth-order valence-electron chi connectivity index (χ4n) is 5.35. The Kier molecular flexibility index (Phi) is 8.32. The van der Waals surface area contributed by atoms with E-state index in [2.05, 4.69) is 21.3 Å². The number of carbonyl (C=O) groups is 3. The molecule has 11 heteroatoms. The van der Waals surface area contributed by atoms with E-state index in [4.69, 9.17) is 0 Å². The minimum Gasteiger partial charge on any atom is -0.479 e. The maximum atomic E-state index is 12.7. The van der Waals surface area contributed by atoms with Gasteiger partial charge < -0.3 is 41.7 Å². The van der Waals surface area contributed by atoms with Crippen molar-refractivity contribution in [3.63, 3.8) is 0 Å². The molecule has 4 rings (SSSR count). The van der Waals surface area contributed by atoms with Crippen molar-refractivity contribution in [3.8, 4) is 0 Å². The van der Waals surface area contributed by atoms with Gasteiger partial charge in [0.15, 0.2) is 11.2 Å². The average Bonchev–Trinajstić information content (AvgIpc) is 3.59. The van der Waals surface area contributed by atoms with Crippen LogP contribution in [0.25, 0.3) is 0 Å². The number of nitrogens with one attached hydrogen (secondary N) is 4. The first-order valence-electron chi connectivity index (χ1n) is 12.7. The van der Waals surface area contributed by atoms with Gasteiger partial charge in [0.25, 0.3) is 0 Å². The van der Waals surface area contributed by atoms with Crippen molar-refractivity contribution in [2.24, 2.45) is 11.8 Å². The van der Waals surface area contributed by atoms with Crippen LogP contribution in [-0.4, -0.2) is 75.8 Å². The third-order valence-corrected chi connectivity index (χ3v) is 7.53. The second kappa shape index (κ2) is 11.5. The van der Waals surface area contributed by atoms with Crippen LogP contribution in [0.2, 0.25) is 0 Å². The highest BCUT2D eigenvalue weighted by molar-refractivity contribution is 5.99. The van der Waals surface area contributed by atoms with E-state index in [-0.39, 0.29) is 12.8 Å². The summed E-state index contributed by atoms with van der Waals surface area (Å²) >= 11 is 0. The number of carboxylic acids is 2. The summed E-state index contributed by atoms with van der Waals surface area (Å²) in [6.45, 7) is 2.14. The topological polar surface area (TPSA) is 180 Å². The van der Waals surface area contributed by atoms with E-state index in [9.17, 15) is 34.8 Å². The Morgan fingerprint density at radius 3 is 1.53 bits per heavy atom. The molecule has 2 fully saturated rings. The van der Waals surface area contributed by atoms with Gasteiger partial charge in [0, 0.05) is 49.1 Å². The van der Waals surface area contributed by atoms with E-state index in [0.717, 1.165) is 0 Å². The van der Waals surface area contributed by atoms with Crippen LogP contribution in [-0.2, 0) is 22.4 Å². The molecule has 4 atom stereocenters. The van der Waals surface area contributed by atoms with Gasteiger partial charge in [0.05, 0.1) is 0 Å². The van der Waals surface area contributed by atoms with E-state index in [0.29, 0.717) is 61.5 Å². The molecule has 204 valence electrons. The van der Waals surface area contributed by atoms with Crippen LogP contribution in [0.1, 0.15) is 24.0 Å². The zero-order valence-electron chi connectivity index (χ0n) is 20.9. The normalized spacial score (nSPS) is 22.3.